The van der Waals surface area contributed by atoms with Crippen LogP contribution in [0.2, 0.25) is 0 Å². The zero-order valence-electron chi connectivity index (χ0n) is 13.9. The van der Waals surface area contributed by atoms with Crippen LogP contribution in [-0.2, 0) is 0 Å². The van der Waals surface area contributed by atoms with E-state index in [2.05, 4.69) is 19.2 Å². The molecule has 4 rings (SSSR count). The second-order valence-corrected chi connectivity index (χ2v) is 7.44. The zero-order valence-corrected chi connectivity index (χ0v) is 13.9. The van der Waals surface area contributed by atoms with Crippen LogP contribution in [0.25, 0.3) is 10.9 Å². The van der Waals surface area contributed by atoms with Crippen LogP contribution in [-0.4, -0.2) is 16.9 Å². The van der Waals surface area contributed by atoms with E-state index in [1.54, 1.807) is 0 Å². The van der Waals surface area contributed by atoms with Gasteiger partial charge in [-0.25, -0.2) is 0 Å². The topological polar surface area (TPSA) is 42.0 Å². The van der Waals surface area contributed by atoms with Crippen molar-refractivity contribution in [3.63, 3.8) is 0 Å². The summed E-state index contributed by atoms with van der Waals surface area (Å²) in [4.78, 5) is 17.7. The number of para-hydroxylation sites is 1. The summed E-state index contributed by atoms with van der Waals surface area (Å²) in [6.45, 7) is 4.24. The van der Waals surface area contributed by atoms with E-state index in [4.69, 9.17) is 4.98 Å². The Bertz CT molecular complexity index is 732. The Balaban J connectivity index is 1.69. The van der Waals surface area contributed by atoms with E-state index in [1.807, 2.05) is 30.3 Å². The molecule has 0 atom stereocenters. The summed E-state index contributed by atoms with van der Waals surface area (Å²) in [5.74, 6) is 1.82. The molecule has 3 heteroatoms. The Hall–Kier alpha value is -1.90. The molecule has 3 nitrogen and oxygen atoms in total. The number of hydrogen-bond donors (Lipinski definition) is 1. The van der Waals surface area contributed by atoms with Gasteiger partial charge in [0.2, 0.25) is 0 Å². The van der Waals surface area contributed by atoms with Crippen molar-refractivity contribution < 1.29 is 4.79 Å². The first kappa shape index (κ1) is 14.7. The van der Waals surface area contributed by atoms with Crippen LogP contribution in [0.3, 0.4) is 0 Å². The lowest BCUT2D eigenvalue weighted by molar-refractivity contribution is 0.0928. The monoisotopic (exact) mass is 308 g/mol. The minimum atomic E-state index is 0.0781. The summed E-state index contributed by atoms with van der Waals surface area (Å²) in [7, 11) is 0. The smallest absolute Gasteiger partial charge is 0.252 e. The van der Waals surface area contributed by atoms with Crippen molar-refractivity contribution in [1.29, 1.82) is 0 Å². The van der Waals surface area contributed by atoms with E-state index in [-0.39, 0.29) is 5.91 Å². The van der Waals surface area contributed by atoms with Gasteiger partial charge in [-0.05, 0) is 55.6 Å². The van der Waals surface area contributed by atoms with Crippen LogP contribution in [0, 0.1) is 11.8 Å². The van der Waals surface area contributed by atoms with Crippen LogP contribution >= 0.6 is 0 Å². The van der Waals surface area contributed by atoms with E-state index < -0.39 is 0 Å². The molecule has 23 heavy (non-hydrogen) atoms. The third-order valence-electron chi connectivity index (χ3n) is 5.13. The number of benzene rings is 1. The minimum absolute atomic E-state index is 0.0781. The molecule has 1 aromatic heterocycles. The molecule has 2 aliphatic carbocycles. The maximum Gasteiger partial charge on any atom is 0.252 e. The maximum atomic E-state index is 13.0. The molecule has 0 saturated heterocycles. The van der Waals surface area contributed by atoms with Crippen LogP contribution in [0.4, 0.5) is 0 Å². The first-order chi connectivity index (χ1) is 11.1. The van der Waals surface area contributed by atoms with Crippen molar-refractivity contribution in [3.8, 4) is 0 Å². The van der Waals surface area contributed by atoms with Crippen LogP contribution < -0.4 is 5.32 Å². The van der Waals surface area contributed by atoms with Gasteiger partial charge in [0.25, 0.3) is 5.91 Å². The maximum absolute atomic E-state index is 13.0. The van der Waals surface area contributed by atoms with Crippen molar-refractivity contribution in [2.75, 3.05) is 0 Å². The summed E-state index contributed by atoms with van der Waals surface area (Å²) in [6, 6.07) is 10.3. The van der Waals surface area contributed by atoms with E-state index in [9.17, 15) is 4.79 Å². The van der Waals surface area contributed by atoms with Crippen molar-refractivity contribution in [2.45, 2.75) is 51.5 Å². The van der Waals surface area contributed by atoms with Crippen LogP contribution in [0.5, 0.6) is 0 Å². The minimum Gasteiger partial charge on any atom is -0.349 e. The van der Waals surface area contributed by atoms with Gasteiger partial charge in [-0.3, -0.25) is 9.78 Å². The number of rotatable bonds is 5. The summed E-state index contributed by atoms with van der Waals surface area (Å²) >= 11 is 0. The molecule has 0 aliphatic heterocycles. The summed E-state index contributed by atoms with van der Waals surface area (Å²) in [5.41, 5.74) is 2.69. The molecule has 0 radical (unpaired) electrons. The Morgan fingerprint density at radius 1 is 1.13 bits per heavy atom. The number of carbonyl (C=O) groups excluding carboxylic acids is 1. The number of nitrogens with zero attached hydrogens (tertiary/aromatic N) is 1. The first-order valence-corrected chi connectivity index (χ1v) is 8.84. The summed E-state index contributed by atoms with van der Waals surface area (Å²) < 4.78 is 0. The van der Waals surface area contributed by atoms with Crippen LogP contribution in [0.15, 0.2) is 30.3 Å². The lowest BCUT2D eigenvalue weighted by Crippen LogP contribution is -2.38. The quantitative estimate of drug-likeness (QED) is 0.896. The molecular formula is C20H24N2O. The van der Waals surface area contributed by atoms with Gasteiger partial charge in [0.05, 0.1) is 11.1 Å². The molecule has 0 bridgehead atoms. The number of aromatic nitrogens is 1. The molecule has 2 aliphatic rings. The second kappa shape index (κ2) is 5.63. The van der Waals surface area contributed by atoms with E-state index in [0.717, 1.165) is 22.2 Å². The van der Waals surface area contributed by atoms with Gasteiger partial charge in [0.15, 0.2) is 0 Å². The third-order valence-corrected chi connectivity index (χ3v) is 5.13. The average Bonchev–Trinajstić information content (AvgIpc) is 3.44. The Morgan fingerprint density at radius 3 is 2.39 bits per heavy atom. The molecule has 1 N–H and O–H groups in total. The van der Waals surface area contributed by atoms with E-state index in [1.165, 1.54) is 25.7 Å². The highest BCUT2D eigenvalue weighted by molar-refractivity contribution is 6.06. The molecule has 2 saturated carbocycles. The SMILES string of the molecule is CC(C)c1cc(C(=O)NC(C2CC2)C2CC2)c2ccccc2n1. The third kappa shape index (κ3) is 2.97. The van der Waals surface area contributed by atoms with Crippen LogP contribution in [0.1, 0.15) is 61.5 Å². The van der Waals surface area contributed by atoms with Crippen molar-refractivity contribution in [3.05, 3.63) is 41.6 Å². The Labute approximate surface area is 137 Å². The fourth-order valence-electron chi connectivity index (χ4n) is 3.44. The fourth-order valence-corrected chi connectivity index (χ4v) is 3.44. The number of amides is 1. The van der Waals surface area contributed by atoms with Gasteiger partial charge in [-0.1, -0.05) is 32.0 Å². The lowest BCUT2D eigenvalue weighted by atomic mass is 10.0. The molecule has 1 heterocycles. The highest BCUT2D eigenvalue weighted by Crippen LogP contribution is 2.44. The predicted molar refractivity (Wildman–Crippen MR) is 92.5 cm³/mol. The molecule has 0 spiro atoms. The molecular weight excluding hydrogens is 284 g/mol. The number of hydrogen-bond acceptors (Lipinski definition) is 2. The Kier molecular flexibility index (Phi) is 3.59. The number of nitrogens with one attached hydrogen (secondary N) is 1. The molecule has 120 valence electrons. The van der Waals surface area contributed by atoms with E-state index >= 15 is 0 Å². The van der Waals surface area contributed by atoms with Crippen molar-refractivity contribution in [1.82, 2.24) is 10.3 Å². The van der Waals surface area contributed by atoms with Gasteiger partial charge in [-0.2, -0.15) is 0 Å². The normalized spacial score (nSPS) is 17.9. The van der Waals surface area contributed by atoms with E-state index in [0.29, 0.717) is 23.8 Å². The Morgan fingerprint density at radius 2 is 1.78 bits per heavy atom. The van der Waals surface area contributed by atoms with Gasteiger partial charge in [0, 0.05) is 17.1 Å². The average molecular weight is 308 g/mol. The highest BCUT2D eigenvalue weighted by Gasteiger charge is 2.42. The molecule has 1 amide bonds. The standard InChI is InChI=1S/C20H24N2O/c1-12(2)18-11-16(15-5-3-4-6-17(15)21-18)20(23)22-19(13-7-8-13)14-9-10-14/h3-6,11-14,19H,7-10H2,1-2H3,(H,22,23). The second-order valence-electron chi connectivity index (χ2n) is 7.44. The largest absolute Gasteiger partial charge is 0.349 e. The fraction of sp³-hybridized carbons (Fsp3) is 0.500. The number of fused-ring (bicyclic) bond motifs is 1. The molecule has 2 aromatic rings. The van der Waals surface area contributed by atoms with Crippen molar-refractivity contribution in [2.24, 2.45) is 11.8 Å². The highest BCUT2D eigenvalue weighted by atomic mass is 16.1. The molecule has 2 fully saturated rings. The molecule has 1 aromatic carbocycles. The summed E-state index contributed by atoms with van der Waals surface area (Å²) in [5, 5.41) is 4.31. The lowest BCUT2D eigenvalue weighted by Gasteiger charge is -2.19. The molecule has 0 unspecified atom stereocenters. The summed E-state index contributed by atoms with van der Waals surface area (Å²) in [6.07, 6.45) is 5.09. The van der Waals surface area contributed by atoms with Gasteiger partial charge < -0.3 is 5.32 Å². The predicted octanol–water partition coefficient (Wildman–Crippen LogP) is 4.28. The van der Waals surface area contributed by atoms with Gasteiger partial charge >= 0.3 is 0 Å². The number of carbonyl (C=O) groups is 1. The van der Waals surface area contributed by atoms with Gasteiger partial charge in [-0.15, -0.1) is 0 Å². The van der Waals surface area contributed by atoms with Crippen molar-refractivity contribution >= 4 is 16.8 Å². The first-order valence-electron chi connectivity index (χ1n) is 8.84. The van der Waals surface area contributed by atoms with Gasteiger partial charge in [0.1, 0.15) is 0 Å². The number of pyridine rings is 1. The zero-order chi connectivity index (χ0) is 16.0.